The molecular weight excluding hydrogens is 184 g/mol. The fourth-order valence-electron chi connectivity index (χ4n) is 0.683. The van der Waals surface area contributed by atoms with Crippen LogP contribution in [0.15, 0.2) is 0 Å². The number of rotatable bonds is 4. The van der Waals surface area contributed by atoms with E-state index in [2.05, 4.69) is 0 Å². The van der Waals surface area contributed by atoms with Gasteiger partial charge in [0.05, 0.1) is 0 Å². The van der Waals surface area contributed by atoms with E-state index in [9.17, 15) is 9.59 Å². The van der Waals surface area contributed by atoms with Crippen LogP contribution in [0.4, 0.5) is 0 Å². The van der Waals surface area contributed by atoms with Crippen LogP contribution in [0, 0.1) is 0 Å². The molecule has 0 aromatic rings. The minimum Gasteiger partial charge on any atom is -0.288 e. The van der Waals surface area contributed by atoms with Gasteiger partial charge in [-0.2, -0.15) is 0 Å². The predicted octanol–water partition coefficient (Wildman–Crippen LogP) is 2.20. The van der Waals surface area contributed by atoms with Crippen molar-refractivity contribution in [3.8, 4) is 0 Å². The summed E-state index contributed by atoms with van der Waals surface area (Å²) in [5.74, 6) is 0. The number of carbonyl (C=O) groups is 2. The van der Waals surface area contributed by atoms with Crippen molar-refractivity contribution in [2.24, 2.45) is 0 Å². The molecule has 0 aliphatic heterocycles. The molecule has 1 atom stereocenters. The molecule has 0 aromatic carbocycles. The largest absolute Gasteiger partial charge is 0.288 e. The summed E-state index contributed by atoms with van der Waals surface area (Å²) in [6.45, 7) is 3.42. The number of carbonyl (C=O) groups excluding carboxylic acids is 2. The van der Waals surface area contributed by atoms with Crippen molar-refractivity contribution in [3.05, 3.63) is 0 Å². The zero-order chi connectivity index (χ0) is 8.85. The first-order valence-corrected chi connectivity index (χ1v) is 4.67. The average molecular weight is 195 g/mol. The Morgan fingerprint density at radius 2 is 2.09 bits per heavy atom. The molecule has 0 rings (SSSR count). The average Bonchev–Trinajstić information content (AvgIpc) is 1.84. The molecule has 0 aliphatic rings. The van der Waals surface area contributed by atoms with E-state index in [-0.39, 0.29) is 22.0 Å². The standard InChI is InChI=1S/C7H11ClO2S/c1-3-6(4-7(8)10)11-5(2)9/h6H,3-4H2,1-2H3. The van der Waals surface area contributed by atoms with Crippen LogP contribution in [0.25, 0.3) is 0 Å². The quantitative estimate of drug-likeness (QED) is 0.644. The van der Waals surface area contributed by atoms with E-state index in [1.165, 1.54) is 18.7 Å². The maximum atomic E-state index is 10.6. The Hall–Kier alpha value is -0.0200. The van der Waals surface area contributed by atoms with Crippen molar-refractivity contribution in [3.63, 3.8) is 0 Å². The normalized spacial score (nSPS) is 12.6. The summed E-state index contributed by atoms with van der Waals surface area (Å²) in [5, 5.41) is -0.280. The van der Waals surface area contributed by atoms with Crippen molar-refractivity contribution in [1.82, 2.24) is 0 Å². The van der Waals surface area contributed by atoms with Crippen LogP contribution in [0.3, 0.4) is 0 Å². The number of hydrogen-bond acceptors (Lipinski definition) is 3. The van der Waals surface area contributed by atoms with Gasteiger partial charge >= 0.3 is 0 Å². The fraction of sp³-hybridized carbons (Fsp3) is 0.714. The second-order valence-electron chi connectivity index (χ2n) is 2.20. The molecule has 11 heavy (non-hydrogen) atoms. The van der Waals surface area contributed by atoms with Crippen LogP contribution < -0.4 is 0 Å². The lowest BCUT2D eigenvalue weighted by molar-refractivity contribution is -0.111. The van der Waals surface area contributed by atoms with E-state index < -0.39 is 0 Å². The Morgan fingerprint density at radius 3 is 2.36 bits per heavy atom. The molecule has 0 heterocycles. The van der Waals surface area contributed by atoms with Crippen molar-refractivity contribution >= 4 is 33.7 Å². The van der Waals surface area contributed by atoms with Crippen LogP contribution in [0.5, 0.6) is 0 Å². The van der Waals surface area contributed by atoms with Crippen molar-refractivity contribution < 1.29 is 9.59 Å². The summed E-state index contributed by atoms with van der Waals surface area (Å²) in [7, 11) is 0. The molecule has 0 aliphatic carbocycles. The summed E-state index contributed by atoms with van der Waals surface area (Å²) >= 11 is 6.35. The van der Waals surface area contributed by atoms with Gasteiger partial charge in [0.2, 0.25) is 5.24 Å². The molecule has 4 heteroatoms. The van der Waals surface area contributed by atoms with Gasteiger partial charge in [-0.25, -0.2) is 0 Å². The lowest BCUT2D eigenvalue weighted by Gasteiger charge is -2.07. The van der Waals surface area contributed by atoms with Crippen LogP contribution in [0.1, 0.15) is 26.7 Å². The molecule has 0 amide bonds. The number of halogens is 1. The van der Waals surface area contributed by atoms with E-state index in [1.54, 1.807) is 0 Å². The van der Waals surface area contributed by atoms with Gasteiger partial charge in [0, 0.05) is 18.6 Å². The lowest BCUT2D eigenvalue weighted by atomic mass is 10.3. The van der Waals surface area contributed by atoms with Gasteiger partial charge in [-0.15, -0.1) is 0 Å². The van der Waals surface area contributed by atoms with E-state index >= 15 is 0 Å². The summed E-state index contributed by atoms with van der Waals surface area (Å²) in [4.78, 5) is 21.0. The Morgan fingerprint density at radius 1 is 1.55 bits per heavy atom. The molecule has 0 saturated carbocycles. The summed E-state index contributed by atoms with van der Waals surface area (Å²) < 4.78 is 0. The topological polar surface area (TPSA) is 34.1 Å². The van der Waals surface area contributed by atoms with E-state index in [0.717, 1.165) is 6.42 Å². The van der Waals surface area contributed by atoms with Crippen molar-refractivity contribution in [2.75, 3.05) is 0 Å². The van der Waals surface area contributed by atoms with Crippen molar-refractivity contribution in [1.29, 1.82) is 0 Å². The minimum absolute atomic E-state index is 0.0368. The number of hydrogen-bond donors (Lipinski definition) is 0. The molecular formula is C7H11ClO2S. The van der Waals surface area contributed by atoms with E-state index in [1.807, 2.05) is 6.92 Å². The molecule has 0 bridgehead atoms. The van der Waals surface area contributed by atoms with Gasteiger partial charge in [-0.1, -0.05) is 18.7 Å². The smallest absolute Gasteiger partial charge is 0.222 e. The zero-order valence-corrected chi connectivity index (χ0v) is 8.17. The van der Waals surface area contributed by atoms with E-state index in [4.69, 9.17) is 11.6 Å². The van der Waals surface area contributed by atoms with Crippen LogP contribution in [-0.4, -0.2) is 15.6 Å². The summed E-state index contributed by atoms with van der Waals surface area (Å²) in [5.41, 5.74) is 0. The van der Waals surface area contributed by atoms with Gasteiger partial charge in [0.1, 0.15) is 0 Å². The second kappa shape index (κ2) is 5.61. The van der Waals surface area contributed by atoms with Crippen LogP contribution in [-0.2, 0) is 9.59 Å². The Bertz CT molecular complexity index is 143. The second-order valence-corrected chi connectivity index (χ2v) is 4.10. The third-order valence-corrected chi connectivity index (χ3v) is 2.50. The third-order valence-electron chi connectivity index (χ3n) is 1.18. The monoisotopic (exact) mass is 194 g/mol. The fourth-order valence-corrected chi connectivity index (χ4v) is 1.83. The predicted molar refractivity (Wildman–Crippen MR) is 47.8 cm³/mol. The van der Waals surface area contributed by atoms with Crippen LogP contribution >= 0.6 is 23.4 Å². The summed E-state index contributed by atoms with van der Waals surface area (Å²) in [6.07, 6.45) is 1.07. The molecule has 64 valence electrons. The molecule has 0 N–H and O–H groups in total. The Balaban J connectivity index is 3.76. The van der Waals surface area contributed by atoms with Gasteiger partial charge < -0.3 is 0 Å². The Labute approximate surface area is 75.7 Å². The van der Waals surface area contributed by atoms with Crippen LogP contribution in [0.2, 0.25) is 0 Å². The number of thioether (sulfide) groups is 1. The molecule has 0 saturated heterocycles. The molecule has 0 spiro atoms. The minimum atomic E-state index is -0.370. The van der Waals surface area contributed by atoms with Gasteiger partial charge in [-0.3, -0.25) is 9.59 Å². The van der Waals surface area contributed by atoms with Gasteiger partial charge in [0.25, 0.3) is 0 Å². The molecule has 0 aromatic heterocycles. The highest BCUT2D eigenvalue weighted by molar-refractivity contribution is 8.14. The SMILES string of the molecule is CCC(CC(=O)Cl)SC(C)=O. The zero-order valence-electron chi connectivity index (χ0n) is 6.59. The van der Waals surface area contributed by atoms with Gasteiger partial charge in [-0.05, 0) is 18.0 Å². The Kier molecular flexibility index (Phi) is 5.60. The molecule has 2 nitrogen and oxygen atoms in total. The van der Waals surface area contributed by atoms with Crippen molar-refractivity contribution in [2.45, 2.75) is 31.9 Å². The molecule has 0 radical (unpaired) electrons. The molecule has 1 unspecified atom stereocenters. The maximum Gasteiger partial charge on any atom is 0.222 e. The first-order valence-electron chi connectivity index (χ1n) is 3.41. The molecule has 0 fully saturated rings. The van der Waals surface area contributed by atoms with E-state index in [0.29, 0.717) is 0 Å². The lowest BCUT2D eigenvalue weighted by Crippen LogP contribution is -2.07. The third kappa shape index (κ3) is 6.38. The first-order chi connectivity index (χ1) is 5.06. The first kappa shape index (κ1) is 11.0. The maximum absolute atomic E-state index is 10.6. The summed E-state index contributed by atoms with van der Waals surface area (Å²) in [6, 6.07) is 0. The highest BCUT2D eigenvalue weighted by Crippen LogP contribution is 2.19. The van der Waals surface area contributed by atoms with Gasteiger partial charge in [0.15, 0.2) is 5.12 Å². The highest BCUT2D eigenvalue weighted by Gasteiger charge is 2.12. The highest BCUT2D eigenvalue weighted by atomic mass is 35.5.